The zero-order valence-corrected chi connectivity index (χ0v) is 8.51. The Morgan fingerprint density at radius 1 is 1.38 bits per heavy atom. The van der Waals surface area contributed by atoms with Gasteiger partial charge < -0.3 is 4.74 Å². The summed E-state index contributed by atoms with van der Waals surface area (Å²) in [5, 5.41) is 0. The molecule has 0 saturated heterocycles. The van der Waals surface area contributed by atoms with E-state index in [2.05, 4.69) is 0 Å². The minimum Gasteiger partial charge on any atom is -0.487 e. The van der Waals surface area contributed by atoms with Crippen LogP contribution in [0.1, 0.15) is 12.5 Å². The van der Waals surface area contributed by atoms with E-state index in [1.807, 2.05) is 0 Å². The minimum absolute atomic E-state index is 0.00757. The highest BCUT2D eigenvalue weighted by Gasteiger charge is 2.30. The maximum absolute atomic E-state index is 12.7. The molecule has 0 atom stereocenters. The van der Waals surface area contributed by atoms with Crippen LogP contribution in [0.5, 0.6) is 5.75 Å². The summed E-state index contributed by atoms with van der Waals surface area (Å²) in [6, 6.07) is 4.33. The summed E-state index contributed by atoms with van der Waals surface area (Å²) < 4.78 is 54.4. The molecule has 0 spiro atoms. The van der Waals surface area contributed by atoms with Crippen LogP contribution in [0.2, 0.25) is 0 Å². The van der Waals surface area contributed by atoms with Gasteiger partial charge in [0.05, 0.1) is 5.56 Å². The van der Waals surface area contributed by atoms with Gasteiger partial charge in [0.15, 0.2) is 0 Å². The molecule has 1 rings (SSSR count). The third kappa shape index (κ3) is 3.56. The molecule has 0 aliphatic heterocycles. The van der Waals surface area contributed by atoms with E-state index >= 15 is 0 Å². The van der Waals surface area contributed by atoms with Crippen molar-refractivity contribution in [1.82, 2.24) is 0 Å². The summed E-state index contributed by atoms with van der Waals surface area (Å²) in [5.41, 5.74) is -0.814. The molecule has 0 aromatic heterocycles. The van der Waals surface area contributed by atoms with Gasteiger partial charge in [-0.1, -0.05) is 12.1 Å². The maximum Gasteiger partial charge on any atom is 0.416 e. The van der Waals surface area contributed by atoms with E-state index in [0.717, 1.165) is 12.1 Å². The van der Waals surface area contributed by atoms with Crippen molar-refractivity contribution in [2.75, 3.05) is 6.61 Å². The average Bonchev–Trinajstić information content (AvgIpc) is 2.25. The number of halogens is 4. The lowest BCUT2D eigenvalue weighted by atomic mass is 10.2. The van der Waals surface area contributed by atoms with Crippen LogP contribution >= 0.6 is 0 Å². The zero-order valence-electron chi connectivity index (χ0n) is 8.51. The molecule has 0 amide bonds. The molecule has 0 saturated carbocycles. The zero-order chi connectivity index (χ0) is 12.2. The molecule has 0 radical (unpaired) electrons. The predicted octanol–water partition coefficient (Wildman–Crippen LogP) is 3.96. The first-order chi connectivity index (χ1) is 7.43. The maximum atomic E-state index is 12.7. The van der Waals surface area contributed by atoms with Crippen LogP contribution in [-0.2, 0) is 6.18 Å². The molecule has 0 heterocycles. The molecule has 88 valence electrons. The van der Waals surface area contributed by atoms with Gasteiger partial charge in [-0.2, -0.15) is 13.2 Å². The summed E-state index contributed by atoms with van der Waals surface area (Å²) in [5.74, 6) is -0.538. The smallest absolute Gasteiger partial charge is 0.416 e. The Hall–Kier alpha value is -1.52. The van der Waals surface area contributed by atoms with E-state index in [0.29, 0.717) is 0 Å². The fourth-order valence-corrected chi connectivity index (χ4v) is 0.998. The monoisotopic (exact) mass is 234 g/mol. The van der Waals surface area contributed by atoms with Gasteiger partial charge in [0, 0.05) is 0 Å². The van der Waals surface area contributed by atoms with Gasteiger partial charge in [0.2, 0.25) is 0 Å². The Balaban J connectivity index is 2.76. The second-order valence-corrected chi connectivity index (χ2v) is 3.05. The second-order valence-electron chi connectivity index (χ2n) is 3.05. The average molecular weight is 234 g/mol. The van der Waals surface area contributed by atoms with E-state index in [1.165, 1.54) is 25.1 Å². The third-order valence-corrected chi connectivity index (χ3v) is 1.85. The van der Waals surface area contributed by atoms with Gasteiger partial charge in [-0.3, -0.25) is 0 Å². The highest BCUT2D eigenvalue weighted by Crippen LogP contribution is 2.31. The molecule has 0 fully saturated rings. The van der Waals surface area contributed by atoms with Crippen LogP contribution in [0.4, 0.5) is 17.6 Å². The Morgan fingerprint density at radius 2 is 2.06 bits per heavy atom. The molecule has 1 aromatic rings. The van der Waals surface area contributed by atoms with Gasteiger partial charge in [0.25, 0.3) is 0 Å². The summed E-state index contributed by atoms with van der Waals surface area (Å²) in [4.78, 5) is 0. The number of ether oxygens (including phenoxy) is 1. The van der Waals surface area contributed by atoms with E-state index in [1.54, 1.807) is 0 Å². The molecule has 0 bridgehead atoms. The normalized spacial score (nSPS) is 12.7. The van der Waals surface area contributed by atoms with E-state index in [4.69, 9.17) is 4.74 Å². The predicted molar refractivity (Wildman–Crippen MR) is 51.8 cm³/mol. The van der Waals surface area contributed by atoms with E-state index in [-0.39, 0.29) is 12.4 Å². The van der Waals surface area contributed by atoms with Crippen molar-refractivity contribution in [3.05, 3.63) is 41.7 Å². The summed E-state index contributed by atoms with van der Waals surface area (Å²) in [6.07, 6.45) is -3.23. The lowest BCUT2D eigenvalue weighted by Crippen LogP contribution is -2.05. The molecule has 0 unspecified atom stereocenters. The molecule has 0 N–H and O–H groups in total. The van der Waals surface area contributed by atoms with Crippen LogP contribution in [0.3, 0.4) is 0 Å². The number of hydrogen-bond acceptors (Lipinski definition) is 1. The van der Waals surface area contributed by atoms with Crippen molar-refractivity contribution in [1.29, 1.82) is 0 Å². The summed E-state index contributed by atoms with van der Waals surface area (Å²) >= 11 is 0. The SMILES string of the molecule is C/C=C(/F)COc1cccc(C(F)(F)F)c1. The van der Waals surface area contributed by atoms with Crippen LogP contribution in [0.25, 0.3) is 0 Å². The van der Waals surface area contributed by atoms with Gasteiger partial charge in [-0.25, -0.2) is 4.39 Å². The molecule has 1 aromatic carbocycles. The van der Waals surface area contributed by atoms with Crippen LogP contribution in [0.15, 0.2) is 36.2 Å². The van der Waals surface area contributed by atoms with Crippen molar-refractivity contribution >= 4 is 0 Å². The molecule has 16 heavy (non-hydrogen) atoms. The van der Waals surface area contributed by atoms with Gasteiger partial charge in [-0.05, 0) is 25.1 Å². The molecule has 0 aliphatic rings. The largest absolute Gasteiger partial charge is 0.487 e. The summed E-state index contributed by atoms with van der Waals surface area (Å²) in [6.45, 7) is 1.11. The van der Waals surface area contributed by atoms with Gasteiger partial charge in [0.1, 0.15) is 18.2 Å². The number of alkyl halides is 3. The first-order valence-corrected chi connectivity index (χ1v) is 4.54. The number of allylic oxidation sites excluding steroid dienone is 1. The number of rotatable bonds is 3. The van der Waals surface area contributed by atoms with E-state index < -0.39 is 17.6 Å². The van der Waals surface area contributed by atoms with Gasteiger partial charge >= 0.3 is 6.18 Å². The van der Waals surface area contributed by atoms with Crippen molar-refractivity contribution < 1.29 is 22.3 Å². The van der Waals surface area contributed by atoms with Crippen molar-refractivity contribution in [3.63, 3.8) is 0 Å². The second kappa shape index (κ2) is 5.01. The van der Waals surface area contributed by atoms with Crippen molar-refractivity contribution in [3.8, 4) is 5.75 Å². The molecular weight excluding hydrogens is 224 g/mol. The Labute approximate surface area is 90.3 Å². The highest BCUT2D eigenvalue weighted by molar-refractivity contribution is 5.30. The molecule has 1 nitrogen and oxygen atoms in total. The molecule has 5 heteroatoms. The number of benzene rings is 1. The third-order valence-electron chi connectivity index (χ3n) is 1.85. The Bertz CT molecular complexity index is 382. The van der Waals surface area contributed by atoms with Crippen molar-refractivity contribution in [2.45, 2.75) is 13.1 Å². The molecule has 0 aliphatic carbocycles. The van der Waals surface area contributed by atoms with Crippen molar-refractivity contribution in [2.24, 2.45) is 0 Å². The quantitative estimate of drug-likeness (QED) is 0.719. The Morgan fingerprint density at radius 3 is 2.62 bits per heavy atom. The van der Waals surface area contributed by atoms with Crippen LogP contribution < -0.4 is 4.74 Å². The van der Waals surface area contributed by atoms with E-state index in [9.17, 15) is 17.6 Å². The van der Waals surface area contributed by atoms with Crippen LogP contribution in [-0.4, -0.2) is 6.61 Å². The summed E-state index contributed by atoms with van der Waals surface area (Å²) in [7, 11) is 0. The fraction of sp³-hybridized carbons (Fsp3) is 0.273. The lowest BCUT2D eigenvalue weighted by molar-refractivity contribution is -0.137. The molecular formula is C11H10F4O. The first kappa shape index (κ1) is 12.5. The highest BCUT2D eigenvalue weighted by atomic mass is 19.4. The standard InChI is InChI=1S/C11H10F4O/c1-2-9(12)7-16-10-5-3-4-8(6-10)11(13,14)15/h2-6H,7H2,1H3/b9-2+. The van der Waals surface area contributed by atoms with Crippen LogP contribution in [0, 0.1) is 0 Å². The first-order valence-electron chi connectivity index (χ1n) is 4.54. The lowest BCUT2D eigenvalue weighted by Gasteiger charge is -2.09. The Kier molecular flexibility index (Phi) is 3.93. The fourth-order valence-electron chi connectivity index (χ4n) is 0.998. The minimum atomic E-state index is -4.42. The van der Waals surface area contributed by atoms with Gasteiger partial charge in [-0.15, -0.1) is 0 Å². The topological polar surface area (TPSA) is 9.23 Å². The number of hydrogen-bond donors (Lipinski definition) is 0.